The van der Waals surface area contributed by atoms with Crippen molar-refractivity contribution in [1.82, 2.24) is 10.2 Å². The number of hydrogen-bond donors (Lipinski definition) is 1. The van der Waals surface area contributed by atoms with E-state index in [9.17, 15) is 4.79 Å². The van der Waals surface area contributed by atoms with E-state index in [4.69, 9.17) is 9.52 Å². The Morgan fingerprint density at radius 3 is 2.71 bits per heavy atom. The highest BCUT2D eigenvalue weighted by Crippen LogP contribution is 2.15. The molecule has 1 aromatic heterocycles. The molecular formula is C12H12N2O3. The molecule has 0 aliphatic carbocycles. The lowest BCUT2D eigenvalue weighted by atomic mass is 10.1. The van der Waals surface area contributed by atoms with Crippen molar-refractivity contribution in [2.75, 3.05) is 0 Å². The molecule has 0 aliphatic rings. The number of carboxylic acids is 1. The van der Waals surface area contributed by atoms with Crippen LogP contribution in [0.3, 0.4) is 0 Å². The van der Waals surface area contributed by atoms with Crippen LogP contribution in [-0.2, 0) is 11.2 Å². The minimum atomic E-state index is -0.972. The van der Waals surface area contributed by atoms with Gasteiger partial charge in [0, 0.05) is 0 Å². The highest BCUT2D eigenvalue weighted by atomic mass is 16.4. The number of carbonyl (C=O) groups is 1. The van der Waals surface area contributed by atoms with E-state index in [0.717, 1.165) is 5.56 Å². The summed E-state index contributed by atoms with van der Waals surface area (Å²) in [6, 6.07) is 9.67. The van der Waals surface area contributed by atoms with Gasteiger partial charge in [-0.2, -0.15) is 0 Å². The molecule has 1 heterocycles. The fourth-order valence-electron chi connectivity index (χ4n) is 1.39. The minimum absolute atomic E-state index is 0.142. The van der Waals surface area contributed by atoms with Crippen LogP contribution in [0.4, 0.5) is 0 Å². The zero-order chi connectivity index (χ0) is 12.3. The lowest BCUT2D eigenvalue weighted by Crippen LogP contribution is -2.07. The van der Waals surface area contributed by atoms with Crippen molar-refractivity contribution in [2.45, 2.75) is 19.3 Å². The van der Waals surface area contributed by atoms with Crippen LogP contribution in [-0.4, -0.2) is 21.3 Å². The predicted molar refractivity (Wildman–Crippen MR) is 59.6 cm³/mol. The molecule has 1 aromatic carbocycles. The molecule has 0 saturated carbocycles. The van der Waals surface area contributed by atoms with E-state index in [2.05, 4.69) is 10.2 Å². The van der Waals surface area contributed by atoms with Crippen molar-refractivity contribution < 1.29 is 14.3 Å². The third-order valence-corrected chi connectivity index (χ3v) is 2.42. The molecule has 1 atom stereocenters. The number of hydrogen-bond acceptors (Lipinski definition) is 4. The van der Waals surface area contributed by atoms with Crippen molar-refractivity contribution >= 4 is 5.97 Å². The number of benzene rings is 1. The number of aliphatic carboxylic acids is 1. The molecule has 0 radical (unpaired) electrons. The van der Waals surface area contributed by atoms with Gasteiger partial charge in [0.2, 0.25) is 11.8 Å². The van der Waals surface area contributed by atoms with Crippen LogP contribution < -0.4 is 0 Å². The Morgan fingerprint density at radius 2 is 2.06 bits per heavy atom. The molecule has 1 unspecified atom stereocenters. The Bertz CT molecular complexity index is 507. The summed E-state index contributed by atoms with van der Waals surface area (Å²) in [5, 5.41) is 16.4. The standard InChI is InChI=1S/C12H12N2O3/c1-8(12(15)16)11-14-13-10(17-11)7-9-5-3-2-4-6-9/h2-6,8H,7H2,1H3,(H,15,16). The molecule has 0 amide bonds. The Hall–Kier alpha value is -2.17. The quantitative estimate of drug-likeness (QED) is 0.870. The van der Waals surface area contributed by atoms with Gasteiger partial charge in [-0.15, -0.1) is 10.2 Å². The van der Waals surface area contributed by atoms with Crippen LogP contribution in [0.5, 0.6) is 0 Å². The number of nitrogens with zero attached hydrogens (tertiary/aromatic N) is 2. The smallest absolute Gasteiger partial charge is 0.315 e. The molecular weight excluding hydrogens is 220 g/mol. The third kappa shape index (κ3) is 2.69. The van der Waals surface area contributed by atoms with Crippen LogP contribution in [0, 0.1) is 0 Å². The molecule has 17 heavy (non-hydrogen) atoms. The zero-order valence-electron chi connectivity index (χ0n) is 9.33. The Morgan fingerprint density at radius 1 is 1.35 bits per heavy atom. The summed E-state index contributed by atoms with van der Waals surface area (Å²) in [6.45, 7) is 1.52. The van der Waals surface area contributed by atoms with E-state index in [1.54, 1.807) is 0 Å². The topological polar surface area (TPSA) is 76.2 Å². The van der Waals surface area contributed by atoms with E-state index in [-0.39, 0.29) is 5.89 Å². The summed E-state index contributed by atoms with van der Waals surface area (Å²) in [6.07, 6.45) is 0.514. The molecule has 88 valence electrons. The molecule has 5 nitrogen and oxygen atoms in total. The molecule has 0 saturated heterocycles. The first-order valence-corrected chi connectivity index (χ1v) is 5.26. The largest absolute Gasteiger partial charge is 0.481 e. The van der Waals surface area contributed by atoms with Gasteiger partial charge in [0.1, 0.15) is 5.92 Å². The third-order valence-electron chi connectivity index (χ3n) is 2.42. The van der Waals surface area contributed by atoms with Gasteiger partial charge in [-0.05, 0) is 12.5 Å². The zero-order valence-corrected chi connectivity index (χ0v) is 9.33. The first kappa shape index (κ1) is 11.3. The van der Waals surface area contributed by atoms with Crippen LogP contribution in [0.15, 0.2) is 34.7 Å². The van der Waals surface area contributed by atoms with E-state index >= 15 is 0 Å². The lowest BCUT2D eigenvalue weighted by molar-refractivity contribution is -0.138. The van der Waals surface area contributed by atoms with E-state index in [1.165, 1.54) is 6.92 Å². The average Bonchev–Trinajstić information content (AvgIpc) is 2.77. The number of carboxylic acid groups (broad SMARTS) is 1. The predicted octanol–water partition coefficient (Wildman–Crippen LogP) is 1.85. The normalized spacial score (nSPS) is 12.3. The second kappa shape index (κ2) is 4.78. The van der Waals surface area contributed by atoms with Gasteiger partial charge < -0.3 is 9.52 Å². The van der Waals surface area contributed by atoms with Crippen LogP contribution in [0.1, 0.15) is 30.2 Å². The van der Waals surface area contributed by atoms with Gasteiger partial charge in [-0.25, -0.2) is 0 Å². The van der Waals surface area contributed by atoms with E-state index in [1.807, 2.05) is 30.3 Å². The summed E-state index contributed by atoms with van der Waals surface area (Å²) < 4.78 is 5.31. The van der Waals surface area contributed by atoms with Gasteiger partial charge in [0.05, 0.1) is 6.42 Å². The molecule has 2 rings (SSSR count). The maximum Gasteiger partial charge on any atom is 0.315 e. The van der Waals surface area contributed by atoms with Crippen molar-refractivity contribution in [3.05, 3.63) is 47.7 Å². The van der Waals surface area contributed by atoms with Gasteiger partial charge in [-0.1, -0.05) is 30.3 Å². The summed E-state index contributed by atoms with van der Waals surface area (Å²) >= 11 is 0. The van der Waals surface area contributed by atoms with Crippen molar-refractivity contribution in [1.29, 1.82) is 0 Å². The summed E-state index contributed by atoms with van der Waals surface area (Å²) in [5.74, 6) is -1.17. The van der Waals surface area contributed by atoms with Crippen LogP contribution in [0.2, 0.25) is 0 Å². The number of aromatic nitrogens is 2. The SMILES string of the molecule is CC(C(=O)O)c1nnc(Cc2ccccc2)o1. The van der Waals surface area contributed by atoms with Gasteiger partial charge in [0.15, 0.2) is 0 Å². The summed E-state index contributed by atoms with van der Waals surface area (Å²) in [7, 11) is 0. The average molecular weight is 232 g/mol. The Labute approximate surface area is 98.1 Å². The minimum Gasteiger partial charge on any atom is -0.481 e. The first-order valence-electron chi connectivity index (χ1n) is 5.26. The van der Waals surface area contributed by atoms with E-state index in [0.29, 0.717) is 12.3 Å². The highest BCUT2D eigenvalue weighted by molar-refractivity contribution is 5.73. The van der Waals surface area contributed by atoms with Crippen molar-refractivity contribution in [2.24, 2.45) is 0 Å². The fraction of sp³-hybridized carbons (Fsp3) is 0.250. The molecule has 0 spiro atoms. The van der Waals surface area contributed by atoms with Crippen molar-refractivity contribution in [3.63, 3.8) is 0 Å². The first-order chi connectivity index (χ1) is 8.16. The Kier molecular flexibility index (Phi) is 3.18. The monoisotopic (exact) mass is 232 g/mol. The van der Waals surface area contributed by atoms with Crippen LogP contribution >= 0.6 is 0 Å². The molecule has 0 bridgehead atoms. The summed E-state index contributed by atoms with van der Waals surface area (Å²) in [4.78, 5) is 10.7. The van der Waals surface area contributed by atoms with Gasteiger partial charge >= 0.3 is 5.97 Å². The second-order valence-corrected chi connectivity index (χ2v) is 3.76. The maximum absolute atomic E-state index is 10.7. The Balaban J connectivity index is 2.11. The molecule has 1 N–H and O–H groups in total. The van der Waals surface area contributed by atoms with Crippen LogP contribution in [0.25, 0.3) is 0 Å². The van der Waals surface area contributed by atoms with E-state index < -0.39 is 11.9 Å². The van der Waals surface area contributed by atoms with Crippen molar-refractivity contribution in [3.8, 4) is 0 Å². The molecule has 0 aliphatic heterocycles. The summed E-state index contributed by atoms with van der Waals surface area (Å²) in [5.41, 5.74) is 1.05. The fourth-order valence-corrected chi connectivity index (χ4v) is 1.39. The van der Waals surface area contributed by atoms with Gasteiger partial charge in [0.25, 0.3) is 0 Å². The van der Waals surface area contributed by atoms with Gasteiger partial charge in [-0.3, -0.25) is 4.79 Å². The maximum atomic E-state index is 10.7. The second-order valence-electron chi connectivity index (χ2n) is 3.76. The lowest BCUT2D eigenvalue weighted by Gasteiger charge is -1.98. The molecule has 0 fully saturated rings. The molecule has 2 aromatic rings. The molecule has 5 heteroatoms. The number of rotatable bonds is 4. The highest BCUT2D eigenvalue weighted by Gasteiger charge is 2.20.